The van der Waals surface area contributed by atoms with Crippen molar-refractivity contribution in [2.24, 2.45) is 4.99 Å². The van der Waals surface area contributed by atoms with Crippen LogP contribution in [0.1, 0.15) is 35.3 Å². The average Bonchev–Trinajstić information content (AvgIpc) is 2.75. The number of guanidine groups is 1. The number of rotatable bonds is 9. The van der Waals surface area contributed by atoms with Crippen molar-refractivity contribution in [1.29, 1.82) is 0 Å². The lowest BCUT2D eigenvalue weighted by Crippen LogP contribution is -2.36. The van der Waals surface area contributed by atoms with Gasteiger partial charge in [0.15, 0.2) is 5.96 Å². The minimum atomic E-state index is -2.87. The molecule has 9 heteroatoms. The van der Waals surface area contributed by atoms with Crippen LogP contribution in [0.3, 0.4) is 0 Å². The van der Waals surface area contributed by atoms with E-state index in [1.54, 1.807) is 30.1 Å². The second-order valence-corrected chi connectivity index (χ2v) is 6.44. The maximum absolute atomic E-state index is 12.5. The molecule has 0 heterocycles. The third-order valence-corrected chi connectivity index (χ3v) is 4.57. The molecule has 0 aliphatic carbocycles. The van der Waals surface area contributed by atoms with E-state index in [-0.39, 0.29) is 42.2 Å². The Kier molecular flexibility index (Phi) is 11.8. The summed E-state index contributed by atoms with van der Waals surface area (Å²) < 4.78 is 29.6. The molecule has 170 valence electrons. The largest absolute Gasteiger partial charge is 0.434 e. The van der Waals surface area contributed by atoms with Crippen molar-refractivity contribution in [2.45, 2.75) is 33.5 Å². The molecule has 0 unspecified atom stereocenters. The number of hydrogen-bond acceptors (Lipinski definition) is 3. The lowest BCUT2D eigenvalue weighted by Gasteiger charge is -2.18. The van der Waals surface area contributed by atoms with E-state index in [2.05, 4.69) is 20.4 Å². The van der Waals surface area contributed by atoms with E-state index in [9.17, 15) is 13.6 Å². The number of hydrogen-bond donors (Lipinski definition) is 2. The lowest BCUT2D eigenvalue weighted by atomic mass is 10.1. The maximum atomic E-state index is 12.5. The normalized spacial score (nSPS) is 11.0. The van der Waals surface area contributed by atoms with Crippen LogP contribution in [0, 0.1) is 0 Å². The van der Waals surface area contributed by atoms with Crippen LogP contribution in [0.5, 0.6) is 5.75 Å². The van der Waals surface area contributed by atoms with Gasteiger partial charge in [0.25, 0.3) is 5.91 Å². The molecule has 2 aromatic rings. The van der Waals surface area contributed by atoms with Crippen molar-refractivity contribution >= 4 is 35.8 Å². The second-order valence-electron chi connectivity index (χ2n) is 6.44. The van der Waals surface area contributed by atoms with E-state index in [1.807, 2.05) is 38.1 Å². The van der Waals surface area contributed by atoms with Gasteiger partial charge in [-0.15, -0.1) is 24.0 Å². The number of benzene rings is 2. The summed E-state index contributed by atoms with van der Waals surface area (Å²) in [7, 11) is 1.63. The van der Waals surface area contributed by atoms with Crippen molar-refractivity contribution in [3.63, 3.8) is 0 Å². The Morgan fingerprint density at radius 1 is 1.03 bits per heavy atom. The first-order valence-corrected chi connectivity index (χ1v) is 9.83. The average molecular weight is 546 g/mol. The van der Waals surface area contributed by atoms with E-state index < -0.39 is 6.61 Å². The minimum Gasteiger partial charge on any atom is -0.434 e. The quantitative estimate of drug-likeness (QED) is 0.281. The summed E-state index contributed by atoms with van der Waals surface area (Å²) in [5, 5.41) is 6.25. The van der Waals surface area contributed by atoms with Crippen molar-refractivity contribution in [2.75, 3.05) is 20.1 Å². The van der Waals surface area contributed by atoms with Gasteiger partial charge >= 0.3 is 6.61 Å². The Morgan fingerprint density at radius 2 is 1.65 bits per heavy atom. The highest BCUT2D eigenvalue weighted by Crippen LogP contribution is 2.19. The smallest absolute Gasteiger partial charge is 0.387 e. The van der Waals surface area contributed by atoms with Gasteiger partial charge in [0.2, 0.25) is 0 Å². The molecule has 0 saturated heterocycles. The SMILES string of the molecule is CCN(CC)C(=O)c1ccc(CNC(=NC)NCc2ccccc2OC(F)F)cc1.I. The van der Waals surface area contributed by atoms with Crippen LogP contribution in [0.25, 0.3) is 0 Å². The minimum absolute atomic E-state index is 0. The Balaban J connectivity index is 0.00000480. The Labute approximate surface area is 199 Å². The molecule has 0 spiro atoms. The van der Waals surface area contributed by atoms with E-state index in [4.69, 9.17) is 0 Å². The first-order chi connectivity index (χ1) is 14.5. The van der Waals surface area contributed by atoms with Crippen LogP contribution in [0.15, 0.2) is 53.5 Å². The number of nitrogens with zero attached hydrogens (tertiary/aromatic N) is 2. The molecule has 2 aromatic carbocycles. The van der Waals surface area contributed by atoms with Gasteiger partial charge in [0.1, 0.15) is 5.75 Å². The second kappa shape index (κ2) is 13.8. The summed E-state index contributed by atoms with van der Waals surface area (Å²) in [5.74, 6) is 0.663. The molecule has 0 aliphatic rings. The highest BCUT2D eigenvalue weighted by Gasteiger charge is 2.12. The van der Waals surface area contributed by atoms with Gasteiger partial charge in [-0.3, -0.25) is 9.79 Å². The van der Waals surface area contributed by atoms with Crippen LogP contribution in [-0.4, -0.2) is 43.5 Å². The number of carbonyl (C=O) groups excluding carboxylic acids is 1. The molecule has 0 aliphatic heterocycles. The fourth-order valence-electron chi connectivity index (χ4n) is 2.90. The number of aliphatic imine (C=N–C) groups is 1. The number of para-hydroxylation sites is 1. The topological polar surface area (TPSA) is 66.0 Å². The number of carbonyl (C=O) groups is 1. The first-order valence-electron chi connectivity index (χ1n) is 9.83. The van der Waals surface area contributed by atoms with Crippen molar-refractivity contribution in [3.8, 4) is 5.75 Å². The first kappa shape index (κ1) is 26.6. The van der Waals surface area contributed by atoms with E-state index >= 15 is 0 Å². The van der Waals surface area contributed by atoms with Crippen molar-refractivity contribution < 1.29 is 18.3 Å². The molecular weight excluding hydrogens is 517 g/mol. The molecule has 0 aromatic heterocycles. The Morgan fingerprint density at radius 3 is 2.23 bits per heavy atom. The zero-order valence-corrected chi connectivity index (χ0v) is 20.2. The fourth-order valence-corrected chi connectivity index (χ4v) is 2.90. The Hall–Kier alpha value is -2.43. The zero-order chi connectivity index (χ0) is 21.9. The molecule has 0 radical (unpaired) electrons. The van der Waals surface area contributed by atoms with E-state index in [0.717, 1.165) is 5.56 Å². The third kappa shape index (κ3) is 8.31. The number of alkyl halides is 2. The maximum Gasteiger partial charge on any atom is 0.387 e. The van der Waals surface area contributed by atoms with Gasteiger partial charge in [-0.1, -0.05) is 30.3 Å². The zero-order valence-electron chi connectivity index (χ0n) is 17.9. The predicted molar refractivity (Wildman–Crippen MR) is 129 cm³/mol. The summed E-state index contributed by atoms with van der Waals surface area (Å²) in [6.07, 6.45) is 0. The fraction of sp³-hybridized carbons (Fsp3) is 0.364. The van der Waals surface area contributed by atoms with Gasteiger partial charge in [-0.25, -0.2) is 0 Å². The highest BCUT2D eigenvalue weighted by molar-refractivity contribution is 14.0. The standard InChI is InChI=1S/C22H28F2N4O2.HI/c1-4-28(5-2)20(29)17-12-10-16(11-13-17)14-26-22(25-3)27-15-18-8-6-7-9-19(18)30-21(23)24;/h6-13,21H,4-5,14-15H2,1-3H3,(H2,25,26,27);1H. The molecule has 31 heavy (non-hydrogen) atoms. The van der Waals surface area contributed by atoms with Crippen molar-refractivity contribution in [3.05, 3.63) is 65.2 Å². The molecular formula is C22H29F2IN4O2. The summed E-state index contributed by atoms with van der Waals surface area (Å²) >= 11 is 0. The number of ether oxygens (including phenoxy) is 1. The summed E-state index contributed by atoms with van der Waals surface area (Å²) in [6.45, 7) is 3.15. The van der Waals surface area contributed by atoms with Gasteiger partial charge in [-0.05, 0) is 37.6 Å². The van der Waals surface area contributed by atoms with Crippen LogP contribution in [0.4, 0.5) is 8.78 Å². The molecule has 0 fully saturated rings. The summed E-state index contributed by atoms with van der Waals surface area (Å²) in [4.78, 5) is 18.3. The number of amides is 1. The summed E-state index contributed by atoms with van der Waals surface area (Å²) in [6, 6.07) is 14.0. The molecule has 0 bridgehead atoms. The van der Waals surface area contributed by atoms with Gasteiger partial charge < -0.3 is 20.3 Å². The van der Waals surface area contributed by atoms with Crippen LogP contribution < -0.4 is 15.4 Å². The van der Waals surface area contributed by atoms with E-state index in [0.29, 0.717) is 36.7 Å². The van der Waals surface area contributed by atoms with E-state index in [1.165, 1.54) is 6.07 Å². The Bertz CT molecular complexity index is 844. The van der Waals surface area contributed by atoms with Gasteiger partial charge in [0.05, 0.1) is 0 Å². The number of halogens is 3. The molecule has 2 rings (SSSR count). The van der Waals surface area contributed by atoms with Crippen LogP contribution in [-0.2, 0) is 13.1 Å². The molecule has 0 saturated carbocycles. The summed E-state index contributed by atoms with van der Waals surface area (Å²) in [5.41, 5.74) is 2.23. The monoisotopic (exact) mass is 546 g/mol. The van der Waals surface area contributed by atoms with Gasteiger partial charge in [0, 0.05) is 44.4 Å². The predicted octanol–water partition coefficient (Wildman–Crippen LogP) is 4.25. The number of nitrogens with one attached hydrogen (secondary N) is 2. The lowest BCUT2D eigenvalue weighted by molar-refractivity contribution is -0.0504. The molecule has 1 amide bonds. The van der Waals surface area contributed by atoms with Crippen LogP contribution >= 0.6 is 24.0 Å². The van der Waals surface area contributed by atoms with Crippen LogP contribution in [0.2, 0.25) is 0 Å². The van der Waals surface area contributed by atoms with Crippen molar-refractivity contribution in [1.82, 2.24) is 15.5 Å². The molecule has 6 nitrogen and oxygen atoms in total. The highest BCUT2D eigenvalue weighted by atomic mass is 127. The molecule has 2 N–H and O–H groups in total. The third-order valence-electron chi connectivity index (χ3n) is 4.57. The molecule has 0 atom stereocenters. The van der Waals surface area contributed by atoms with Gasteiger partial charge in [-0.2, -0.15) is 8.78 Å².